The summed E-state index contributed by atoms with van der Waals surface area (Å²) in [6.45, 7) is 3.43. The van der Waals surface area contributed by atoms with Crippen LogP contribution in [0.1, 0.15) is 13.3 Å². The Kier molecular flexibility index (Phi) is 2.07. The van der Waals surface area contributed by atoms with Crippen molar-refractivity contribution in [2.24, 2.45) is 0 Å². The van der Waals surface area contributed by atoms with Gasteiger partial charge in [0.15, 0.2) is 5.65 Å². The fourth-order valence-electron chi connectivity index (χ4n) is 2.23. The Balaban J connectivity index is 2.41. The van der Waals surface area contributed by atoms with Gasteiger partial charge in [0, 0.05) is 13.6 Å². The molecule has 0 saturated carbocycles. The van der Waals surface area contributed by atoms with E-state index in [1.807, 2.05) is 18.9 Å². The molecule has 0 aliphatic carbocycles. The van der Waals surface area contributed by atoms with Crippen LogP contribution in [0.3, 0.4) is 0 Å². The number of anilines is 2. The predicted octanol–water partition coefficient (Wildman–Crippen LogP) is 0.120. The molecule has 2 aromatic rings. The fraction of sp³-hybridized carbons (Fsp3) is 0.500. The molecule has 1 N–H and O–H groups in total. The summed E-state index contributed by atoms with van der Waals surface area (Å²) < 4.78 is 3.24. The highest BCUT2D eigenvalue weighted by Crippen LogP contribution is 2.31. The quantitative estimate of drug-likeness (QED) is 0.799. The number of hydrogen-bond donors (Lipinski definition) is 1. The first kappa shape index (κ1) is 10.1. The number of nitrogens with one attached hydrogen (secondary N) is 1. The average molecular weight is 234 g/mol. The van der Waals surface area contributed by atoms with Gasteiger partial charge in [0.25, 0.3) is 0 Å². The zero-order valence-electron chi connectivity index (χ0n) is 9.84. The predicted molar refractivity (Wildman–Crippen MR) is 64.4 cm³/mol. The van der Waals surface area contributed by atoms with Gasteiger partial charge in [0.2, 0.25) is 0 Å². The number of aromatic nitrogens is 4. The molecule has 0 unspecified atom stereocenters. The Bertz CT molecular complexity index is 627. The maximum absolute atomic E-state index is 12.2. The lowest BCUT2D eigenvalue weighted by Gasteiger charge is -2.13. The summed E-state index contributed by atoms with van der Waals surface area (Å²) in [5.74, 6) is 0.847. The third-order valence-corrected chi connectivity index (χ3v) is 3.00. The van der Waals surface area contributed by atoms with Crippen molar-refractivity contribution in [2.75, 3.05) is 23.9 Å². The molecule has 0 bridgehead atoms. The Morgan fingerprint density at radius 3 is 3.12 bits per heavy atom. The molecule has 0 radical (unpaired) electrons. The van der Waals surface area contributed by atoms with Gasteiger partial charge in [0.1, 0.15) is 17.8 Å². The van der Waals surface area contributed by atoms with E-state index in [4.69, 9.17) is 0 Å². The van der Waals surface area contributed by atoms with Crippen molar-refractivity contribution in [1.82, 2.24) is 19.2 Å². The molecule has 7 nitrogen and oxygen atoms in total. The third kappa shape index (κ3) is 1.25. The van der Waals surface area contributed by atoms with Crippen molar-refractivity contribution in [3.8, 4) is 0 Å². The van der Waals surface area contributed by atoms with Crippen LogP contribution < -0.4 is 15.9 Å². The van der Waals surface area contributed by atoms with Crippen LogP contribution >= 0.6 is 0 Å². The van der Waals surface area contributed by atoms with Gasteiger partial charge in [-0.15, -0.1) is 10.2 Å². The summed E-state index contributed by atoms with van der Waals surface area (Å²) in [6, 6.07) is 0. The molecular weight excluding hydrogens is 220 g/mol. The summed E-state index contributed by atoms with van der Waals surface area (Å²) in [5, 5.41) is 11.1. The van der Waals surface area contributed by atoms with Crippen molar-refractivity contribution in [2.45, 2.75) is 19.9 Å². The number of nitrogens with zero attached hydrogens (tertiary/aromatic N) is 5. The minimum absolute atomic E-state index is 0.0894. The largest absolute Gasteiger partial charge is 0.352 e. The first-order valence-electron chi connectivity index (χ1n) is 5.65. The minimum atomic E-state index is -0.0894. The van der Waals surface area contributed by atoms with E-state index in [0.29, 0.717) is 18.9 Å². The maximum atomic E-state index is 12.2. The minimum Gasteiger partial charge on any atom is -0.352 e. The molecule has 0 saturated heterocycles. The molecule has 90 valence electrons. The molecule has 17 heavy (non-hydrogen) atoms. The Morgan fingerprint density at radius 1 is 1.53 bits per heavy atom. The van der Waals surface area contributed by atoms with Gasteiger partial charge in [-0.1, -0.05) is 6.92 Å². The smallest absolute Gasteiger partial charge is 0.336 e. The van der Waals surface area contributed by atoms with E-state index in [9.17, 15) is 4.79 Å². The number of fused-ring (bicyclic) bond motifs is 3. The van der Waals surface area contributed by atoms with Crippen molar-refractivity contribution >= 4 is 17.2 Å². The summed E-state index contributed by atoms with van der Waals surface area (Å²) in [4.78, 5) is 14.3. The van der Waals surface area contributed by atoms with E-state index in [0.717, 1.165) is 17.9 Å². The highest BCUT2D eigenvalue weighted by molar-refractivity contribution is 5.83. The fourth-order valence-corrected chi connectivity index (χ4v) is 2.23. The van der Waals surface area contributed by atoms with Gasteiger partial charge in [-0.25, -0.2) is 9.20 Å². The summed E-state index contributed by atoms with van der Waals surface area (Å²) in [6.07, 6.45) is 2.38. The van der Waals surface area contributed by atoms with Gasteiger partial charge in [-0.05, 0) is 6.42 Å². The zero-order valence-corrected chi connectivity index (χ0v) is 9.84. The summed E-state index contributed by atoms with van der Waals surface area (Å²) in [7, 11) is 1.97. The monoisotopic (exact) mass is 234 g/mol. The Morgan fingerprint density at radius 2 is 2.35 bits per heavy atom. The topological polar surface area (TPSA) is 67.5 Å². The van der Waals surface area contributed by atoms with E-state index in [-0.39, 0.29) is 5.69 Å². The molecule has 1 aliphatic heterocycles. The van der Waals surface area contributed by atoms with E-state index in [2.05, 4.69) is 15.5 Å². The van der Waals surface area contributed by atoms with Crippen LogP contribution in [0.2, 0.25) is 0 Å². The lowest BCUT2D eigenvalue weighted by Crippen LogP contribution is -2.27. The zero-order chi connectivity index (χ0) is 12.0. The van der Waals surface area contributed by atoms with Gasteiger partial charge >= 0.3 is 5.69 Å². The van der Waals surface area contributed by atoms with Crippen molar-refractivity contribution in [3.63, 3.8) is 0 Å². The van der Waals surface area contributed by atoms with Crippen molar-refractivity contribution in [1.29, 1.82) is 0 Å². The van der Waals surface area contributed by atoms with Gasteiger partial charge in [-0.3, -0.25) is 4.57 Å². The lowest BCUT2D eigenvalue weighted by molar-refractivity contribution is 0.638. The van der Waals surface area contributed by atoms with Crippen LogP contribution in [-0.4, -0.2) is 32.9 Å². The number of rotatable bonds is 2. The second-order valence-corrected chi connectivity index (χ2v) is 4.19. The summed E-state index contributed by atoms with van der Waals surface area (Å²) >= 11 is 0. The molecular formula is C10H14N6O. The first-order valence-corrected chi connectivity index (χ1v) is 5.65. The standard InChI is InChI=1S/C10H14N6O/c1-3-4-15-8-7(14(2)5-11-8)9-13-12-6-16(9)10(15)17/h6,11H,3-5H2,1-2H3. The molecule has 0 spiro atoms. The van der Waals surface area contributed by atoms with Gasteiger partial charge in [-0.2, -0.15) is 0 Å². The Hall–Kier alpha value is -2.05. The van der Waals surface area contributed by atoms with E-state index < -0.39 is 0 Å². The Labute approximate surface area is 97.7 Å². The SMILES string of the molecule is CCCn1c2c(c3nncn3c1=O)N(C)CN2. The van der Waals surface area contributed by atoms with Crippen LogP contribution in [0.4, 0.5) is 11.5 Å². The first-order chi connectivity index (χ1) is 8.24. The highest BCUT2D eigenvalue weighted by atomic mass is 16.1. The van der Waals surface area contributed by atoms with Crippen LogP contribution in [0.25, 0.3) is 5.65 Å². The normalized spacial score (nSPS) is 14.1. The molecule has 3 rings (SSSR count). The molecule has 3 heterocycles. The molecule has 1 aliphatic rings. The highest BCUT2D eigenvalue weighted by Gasteiger charge is 2.25. The average Bonchev–Trinajstić information content (AvgIpc) is 2.90. The van der Waals surface area contributed by atoms with Crippen LogP contribution in [0.15, 0.2) is 11.1 Å². The second kappa shape index (κ2) is 3.47. The molecule has 7 heteroatoms. The van der Waals surface area contributed by atoms with E-state index in [1.54, 1.807) is 4.57 Å². The van der Waals surface area contributed by atoms with Crippen LogP contribution in [0, 0.1) is 0 Å². The van der Waals surface area contributed by atoms with E-state index in [1.165, 1.54) is 10.7 Å². The van der Waals surface area contributed by atoms with E-state index >= 15 is 0 Å². The maximum Gasteiger partial charge on any atom is 0.336 e. The second-order valence-electron chi connectivity index (χ2n) is 4.19. The lowest BCUT2D eigenvalue weighted by atomic mass is 10.4. The molecule has 0 fully saturated rings. The molecule has 0 aromatic carbocycles. The summed E-state index contributed by atoms with van der Waals surface area (Å²) in [5.41, 5.74) is 1.47. The van der Waals surface area contributed by atoms with Gasteiger partial charge in [0.05, 0.1) is 6.67 Å². The number of hydrogen-bond acceptors (Lipinski definition) is 5. The third-order valence-electron chi connectivity index (χ3n) is 3.00. The van der Waals surface area contributed by atoms with Crippen LogP contribution in [0.5, 0.6) is 0 Å². The molecule has 0 atom stereocenters. The van der Waals surface area contributed by atoms with Crippen molar-refractivity contribution in [3.05, 3.63) is 16.8 Å². The van der Waals surface area contributed by atoms with Gasteiger partial charge < -0.3 is 10.2 Å². The van der Waals surface area contributed by atoms with Crippen molar-refractivity contribution < 1.29 is 0 Å². The molecule has 2 aromatic heterocycles. The molecule has 0 amide bonds. The van der Waals surface area contributed by atoms with Crippen LogP contribution in [-0.2, 0) is 6.54 Å².